The Bertz CT molecular complexity index is 339. The van der Waals surface area contributed by atoms with Crippen molar-refractivity contribution in [1.82, 2.24) is 10.2 Å². The number of amides is 1. The molecule has 3 N–H and O–H groups in total. The highest BCUT2D eigenvalue weighted by Crippen LogP contribution is 2.31. The molecule has 0 saturated heterocycles. The molecule has 20 heavy (non-hydrogen) atoms. The van der Waals surface area contributed by atoms with Crippen molar-refractivity contribution in [2.24, 2.45) is 5.73 Å². The van der Waals surface area contributed by atoms with Crippen molar-refractivity contribution in [2.75, 3.05) is 27.2 Å². The van der Waals surface area contributed by atoms with Gasteiger partial charge in [0.05, 0.1) is 6.61 Å². The average Bonchev–Trinajstić information content (AvgIpc) is 2.45. The Morgan fingerprint density at radius 1 is 1.30 bits per heavy atom. The van der Waals surface area contributed by atoms with Crippen LogP contribution in [-0.4, -0.2) is 55.6 Å². The normalized spacial score (nSPS) is 19.4. The SMILES string of the molecule is CCOC(=O)C(N)C(=O)NCC1(N(C)C)CCCCC1. The Morgan fingerprint density at radius 2 is 1.90 bits per heavy atom. The summed E-state index contributed by atoms with van der Waals surface area (Å²) in [6, 6.07) is -1.24. The summed E-state index contributed by atoms with van der Waals surface area (Å²) < 4.78 is 4.75. The molecule has 1 unspecified atom stereocenters. The largest absolute Gasteiger partial charge is 0.464 e. The highest BCUT2D eigenvalue weighted by molar-refractivity contribution is 6.01. The van der Waals surface area contributed by atoms with Gasteiger partial charge in [-0.25, -0.2) is 4.79 Å². The zero-order valence-corrected chi connectivity index (χ0v) is 12.8. The minimum Gasteiger partial charge on any atom is -0.464 e. The number of carbonyl (C=O) groups excluding carboxylic acids is 2. The standard InChI is InChI=1S/C14H27N3O3/c1-4-20-13(19)11(15)12(18)16-10-14(17(2)3)8-6-5-7-9-14/h11H,4-10,15H2,1-3H3,(H,16,18). The minimum absolute atomic E-state index is 0.0255. The minimum atomic E-state index is -1.24. The number of nitrogens with zero attached hydrogens (tertiary/aromatic N) is 1. The summed E-state index contributed by atoms with van der Waals surface area (Å²) in [7, 11) is 4.06. The molecule has 0 radical (unpaired) electrons. The molecule has 116 valence electrons. The Labute approximate surface area is 121 Å². The maximum atomic E-state index is 11.9. The van der Waals surface area contributed by atoms with Crippen LogP contribution in [0.1, 0.15) is 39.0 Å². The molecule has 1 aliphatic carbocycles. The van der Waals surface area contributed by atoms with Gasteiger partial charge < -0.3 is 20.7 Å². The van der Waals surface area contributed by atoms with Crippen LogP contribution in [0.2, 0.25) is 0 Å². The molecule has 1 rings (SSSR count). The van der Waals surface area contributed by atoms with Gasteiger partial charge in [-0.05, 0) is 33.9 Å². The molecule has 0 aromatic heterocycles. The molecule has 6 heteroatoms. The van der Waals surface area contributed by atoms with E-state index in [2.05, 4.69) is 10.2 Å². The van der Waals surface area contributed by atoms with Crippen LogP contribution in [0.4, 0.5) is 0 Å². The van der Waals surface area contributed by atoms with Gasteiger partial charge in [0.25, 0.3) is 0 Å². The Hall–Kier alpha value is -1.14. The van der Waals surface area contributed by atoms with Gasteiger partial charge in [-0.2, -0.15) is 0 Å². The van der Waals surface area contributed by atoms with Gasteiger partial charge >= 0.3 is 5.97 Å². The summed E-state index contributed by atoms with van der Waals surface area (Å²) in [5.74, 6) is -1.14. The fourth-order valence-corrected chi connectivity index (χ4v) is 2.69. The first-order valence-electron chi connectivity index (χ1n) is 7.30. The lowest BCUT2D eigenvalue weighted by atomic mass is 9.80. The van der Waals surface area contributed by atoms with Crippen molar-refractivity contribution in [2.45, 2.75) is 50.6 Å². The van der Waals surface area contributed by atoms with Crippen LogP contribution < -0.4 is 11.1 Å². The van der Waals surface area contributed by atoms with Gasteiger partial charge in [0.15, 0.2) is 6.04 Å². The molecular weight excluding hydrogens is 258 g/mol. The third kappa shape index (κ3) is 4.18. The zero-order valence-electron chi connectivity index (χ0n) is 12.8. The number of hydrogen-bond donors (Lipinski definition) is 2. The number of carbonyl (C=O) groups is 2. The number of esters is 1. The molecule has 1 saturated carbocycles. The molecule has 0 bridgehead atoms. The summed E-state index contributed by atoms with van der Waals surface area (Å²) in [4.78, 5) is 25.5. The van der Waals surface area contributed by atoms with Crippen molar-refractivity contribution < 1.29 is 14.3 Å². The highest BCUT2D eigenvalue weighted by Gasteiger charge is 2.35. The maximum absolute atomic E-state index is 11.9. The number of likely N-dealkylation sites (N-methyl/N-ethyl adjacent to an activating group) is 1. The monoisotopic (exact) mass is 285 g/mol. The van der Waals surface area contributed by atoms with E-state index in [0.29, 0.717) is 6.54 Å². The van der Waals surface area contributed by atoms with E-state index in [0.717, 1.165) is 25.7 Å². The van der Waals surface area contributed by atoms with E-state index < -0.39 is 17.9 Å². The first-order chi connectivity index (χ1) is 9.43. The van der Waals surface area contributed by atoms with Gasteiger partial charge in [-0.1, -0.05) is 19.3 Å². The molecule has 6 nitrogen and oxygen atoms in total. The van der Waals surface area contributed by atoms with Crippen molar-refractivity contribution in [3.63, 3.8) is 0 Å². The number of hydrogen-bond acceptors (Lipinski definition) is 5. The van der Waals surface area contributed by atoms with Crippen LogP contribution in [-0.2, 0) is 14.3 Å². The summed E-state index contributed by atoms with van der Waals surface area (Å²) in [5.41, 5.74) is 5.56. The molecule has 1 aliphatic rings. The van der Waals surface area contributed by atoms with Gasteiger partial charge in [-0.3, -0.25) is 4.79 Å². The molecule has 0 spiro atoms. The molecule has 0 aromatic carbocycles. The summed E-state index contributed by atoms with van der Waals surface area (Å²) in [6.45, 7) is 2.43. The van der Waals surface area contributed by atoms with E-state index in [1.165, 1.54) is 6.42 Å². The fraction of sp³-hybridized carbons (Fsp3) is 0.857. The van der Waals surface area contributed by atoms with Crippen molar-refractivity contribution >= 4 is 11.9 Å². The number of nitrogens with one attached hydrogen (secondary N) is 1. The zero-order chi connectivity index (χ0) is 15.2. The van der Waals surface area contributed by atoms with E-state index in [9.17, 15) is 9.59 Å². The highest BCUT2D eigenvalue weighted by atomic mass is 16.5. The second-order valence-corrected chi connectivity index (χ2v) is 5.63. The lowest BCUT2D eigenvalue weighted by Gasteiger charge is -2.43. The van der Waals surface area contributed by atoms with Gasteiger partial charge in [0.1, 0.15) is 0 Å². The Morgan fingerprint density at radius 3 is 2.40 bits per heavy atom. The fourth-order valence-electron chi connectivity index (χ4n) is 2.69. The molecule has 0 aliphatic heterocycles. The second-order valence-electron chi connectivity index (χ2n) is 5.63. The predicted octanol–water partition coefficient (Wildman–Crippen LogP) is 0.258. The van der Waals surface area contributed by atoms with Crippen molar-refractivity contribution in [3.8, 4) is 0 Å². The third-order valence-corrected chi connectivity index (χ3v) is 4.15. The van der Waals surface area contributed by atoms with E-state index in [-0.39, 0.29) is 12.1 Å². The molecule has 0 aromatic rings. The summed E-state index contributed by atoms with van der Waals surface area (Å²) in [5, 5.41) is 2.81. The van der Waals surface area contributed by atoms with Gasteiger partial charge in [0.2, 0.25) is 5.91 Å². The van der Waals surface area contributed by atoms with E-state index in [1.54, 1.807) is 6.92 Å². The molecule has 0 heterocycles. The van der Waals surface area contributed by atoms with Crippen LogP contribution >= 0.6 is 0 Å². The summed E-state index contributed by atoms with van der Waals surface area (Å²) >= 11 is 0. The van der Waals surface area contributed by atoms with Crippen LogP contribution in [0.25, 0.3) is 0 Å². The number of rotatable bonds is 6. The van der Waals surface area contributed by atoms with Gasteiger partial charge in [-0.15, -0.1) is 0 Å². The topological polar surface area (TPSA) is 84.7 Å². The van der Waals surface area contributed by atoms with E-state index in [4.69, 9.17) is 10.5 Å². The molecular formula is C14H27N3O3. The first-order valence-corrected chi connectivity index (χ1v) is 7.30. The van der Waals surface area contributed by atoms with Crippen LogP contribution in [0, 0.1) is 0 Å². The van der Waals surface area contributed by atoms with Crippen molar-refractivity contribution in [3.05, 3.63) is 0 Å². The van der Waals surface area contributed by atoms with Crippen LogP contribution in [0.5, 0.6) is 0 Å². The number of nitrogens with two attached hydrogens (primary N) is 1. The average molecular weight is 285 g/mol. The lowest BCUT2D eigenvalue weighted by Crippen LogP contribution is -2.56. The molecule has 1 amide bonds. The maximum Gasteiger partial charge on any atom is 0.332 e. The lowest BCUT2D eigenvalue weighted by molar-refractivity contribution is -0.148. The van der Waals surface area contributed by atoms with E-state index >= 15 is 0 Å². The van der Waals surface area contributed by atoms with Gasteiger partial charge in [0, 0.05) is 12.1 Å². The molecule has 1 fully saturated rings. The summed E-state index contributed by atoms with van der Waals surface area (Å²) in [6.07, 6.45) is 5.67. The first kappa shape index (κ1) is 16.9. The van der Waals surface area contributed by atoms with Crippen molar-refractivity contribution in [1.29, 1.82) is 0 Å². The molecule has 1 atom stereocenters. The number of ether oxygens (including phenoxy) is 1. The second kappa shape index (κ2) is 7.59. The Kier molecular flexibility index (Phi) is 6.42. The third-order valence-electron chi connectivity index (χ3n) is 4.15. The van der Waals surface area contributed by atoms with Crippen LogP contribution in [0.3, 0.4) is 0 Å². The van der Waals surface area contributed by atoms with Crippen LogP contribution in [0.15, 0.2) is 0 Å². The predicted molar refractivity (Wildman–Crippen MR) is 77.1 cm³/mol. The van der Waals surface area contributed by atoms with E-state index in [1.807, 2.05) is 14.1 Å². The Balaban J connectivity index is 2.55. The smallest absolute Gasteiger partial charge is 0.332 e. The quantitative estimate of drug-likeness (QED) is 0.540.